The molecule has 1 fully saturated rings. The summed E-state index contributed by atoms with van der Waals surface area (Å²) < 4.78 is 0. The van der Waals surface area contributed by atoms with Crippen LogP contribution in [-0.4, -0.2) is 41.8 Å². The Kier molecular flexibility index (Phi) is 4.29. The summed E-state index contributed by atoms with van der Waals surface area (Å²) in [6.45, 7) is 7.18. The zero-order chi connectivity index (χ0) is 13.9. The lowest BCUT2D eigenvalue weighted by Gasteiger charge is -2.44. The zero-order valence-electron chi connectivity index (χ0n) is 12.1. The Labute approximate surface area is 116 Å². The average molecular weight is 262 g/mol. The van der Waals surface area contributed by atoms with E-state index in [1.807, 2.05) is 6.07 Å². The predicted octanol–water partition coefficient (Wildman–Crippen LogP) is 1.75. The molecule has 106 valence electrons. The van der Waals surface area contributed by atoms with Gasteiger partial charge in [-0.2, -0.15) is 0 Å². The van der Waals surface area contributed by atoms with Gasteiger partial charge in [0.15, 0.2) is 0 Å². The Balaban J connectivity index is 2.17. The molecule has 1 atom stereocenters. The summed E-state index contributed by atoms with van der Waals surface area (Å²) in [4.78, 5) is 2.40. The van der Waals surface area contributed by atoms with Crippen LogP contribution in [0.2, 0.25) is 0 Å². The van der Waals surface area contributed by atoms with E-state index in [0.717, 1.165) is 32.5 Å². The van der Waals surface area contributed by atoms with Gasteiger partial charge in [-0.15, -0.1) is 0 Å². The molecule has 1 heterocycles. The number of nitrogens with two attached hydrogens (primary N) is 1. The molecule has 19 heavy (non-hydrogen) atoms. The number of likely N-dealkylation sites (tertiary alicyclic amines) is 1. The minimum atomic E-state index is -0.185. The average Bonchev–Trinajstić information content (AvgIpc) is 2.38. The van der Waals surface area contributed by atoms with Crippen LogP contribution >= 0.6 is 0 Å². The first-order valence-corrected chi connectivity index (χ1v) is 7.13. The Bertz CT molecular complexity index is 399. The van der Waals surface area contributed by atoms with E-state index in [1.54, 1.807) is 0 Å². The summed E-state index contributed by atoms with van der Waals surface area (Å²) >= 11 is 0. The minimum absolute atomic E-state index is 0.120. The largest absolute Gasteiger partial charge is 0.395 e. The fourth-order valence-electron chi connectivity index (χ4n) is 3.19. The molecule has 1 saturated heterocycles. The van der Waals surface area contributed by atoms with Gasteiger partial charge in [0.2, 0.25) is 0 Å². The maximum absolute atomic E-state index is 9.95. The van der Waals surface area contributed by atoms with Crippen molar-refractivity contribution in [2.24, 2.45) is 5.73 Å². The Morgan fingerprint density at radius 1 is 1.32 bits per heavy atom. The molecule has 0 saturated carbocycles. The van der Waals surface area contributed by atoms with Crippen LogP contribution in [0.3, 0.4) is 0 Å². The van der Waals surface area contributed by atoms with Crippen LogP contribution in [0.25, 0.3) is 0 Å². The van der Waals surface area contributed by atoms with Crippen LogP contribution in [0.1, 0.15) is 32.3 Å². The zero-order valence-corrected chi connectivity index (χ0v) is 12.1. The number of benzene rings is 1. The van der Waals surface area contributed by atoms with Gasteiger partial charge in [0.1, 0.15) is 0 Å². The number of aliphatic hydroxyl groups excluding tert-OH is 1. The molecule has 1 unspecified atom stereocenters. The van der Waals surface area contributed by atoms with Crippen LogP contribution < -0.4 is 5.73 Å². The quantitative estimate of drug-likeness (QED) is 0.869. The number of aliphatic hydroxyl groups is 1. The molecule has 0 aliphatic carbocycles. The molecule has 1 aromatic carbocycles. The van der Waals surface area contributed by atoms with Crippen LogP contribution in [0.5, 0.6) is 0 Å². The third-order valence-corrected chi connectivity index (χ3v) is 3.98. The van der Waals surface area contributed by atoms with Gasteiger partial charge < -0.3 is 15.7 Å². The van der Waals surface area contributed by atoms with Gasteiger partial charge in [-0.05, 0) is 38.8 Å². The summed E-state index contributed by atoms with van der Waals surface area (Å²) in [7, 11) is 0. The van der Waals surface area contributed by atoms with Gasteiger partial charge in [-0.1, -0.05) is 30.3 Å². The SMILES string of the molecule is CC(C)(N)CN1CCCC(CO)(c2ccccc2)C1. The number of hydrogen-bond donors (Lipinski definition) is 2. The van der Waals surface area contributed by atoms with Gasteiger partial charge >= 0.3 is 0 Å². The van der Waals surface area contributed by atoms with Gasteiger partial charge in [0, 0.05) is 24.0 Å². The summed E-state index contributed by atoms with van der Waals surface area (Å²) in [5.74, 6) is 0. The molecule has 3 heteroatoms. The van der Waals surface area contributed by atoms with Crippen LogP contribution in [0.15, 0.2) is 30.3 Å². The summed E-state index contributed by atoms with van der Waals surface area (Å²) in [6, 6.07) is 10.4. The highest BCUT2D eigenvalue weighted by Gasteiger charge is 2.37. The van der Waals surface area contributed by atoms with Gasteiger partial charge in [-0.25, -0.2) is 0 Å². The lowest BCUT2D eigenvalue weighted by Crippen LogP contribution is -2.54. The number of piperidine rings is 1. The first-order valence-electron chi connectivity index (χ1n) is 7.13. The predicted molar refractivity (Wildman–Crippen MR) is 79.1 cm³/mol. The molecular formula is C16H26N2O. The van der Waals surface area contributed by atoms with E-state index in [1.165, 1.54) is 5.56 Å². The molecule has 1 aliphatic heterocycles. The van der Waals surface area contributed by atoms with E-state index in [4.69, 9.17) is 5.73 Å². The second-order valence-corrected chi connectivity index (χ2v) is 6.61. The van der Waals surface area contributed by atoms with Crippen molar-refractivity contribution in [1.82, 2.24) is 4.90 Å². The van der Waals surface area contributed by atoms with E-state index < -0.39 is 0 Å². The number of hydrogen-bond acceptors (Lipinski definition) is 3. The molecule has 1 aliphatic rings. The van der Waals surface area contributed by atoms with Crippen molar-refractivity contribution in [3.63, 3.8) is 0 Å². The summed E-state index contributed by atoms with van der Waals surface area (Å²) in [6.07, 6.45) is 2.17. The van der Waals surface area contributed by atoms with E-state index >= 15 is 0 Å². The first-order chi connectivity index (χ1) is 8.95. The maximum atomic E-state index is 9.95. The van der Waals surface area contributed by atoms with Crippen molar-refractivity contribution in [3.05, 3.63) is 35.9 Å². The summed E-state index contributed by atoms with van der Waals surface area (Å²) in [5.41, 5.74) is 7.07. The molecule has 3 nitrogen and oxygen atoms in total. The van der Waals surface area contributed by atoms with Crippen molar-refractivity contribution in [2.75, 3.05) is 26.2 Å². The molecule has 0 aromatic heterocycles. The molecule has 0 spiro atoms. The van der Waals surface area contributed by atoms with Crippen molar-refractivity contribution in [1.29, 1.82) is 0 Å². The second-order valence-electron chi connectivity index (χ2n) is 6.61. The fraction of sp³-hybridized carbons (Fsp3) is 0.625. The molecule has 1 aromatic rings. The van der Waals surface area contributed by atoms with Crippen molar-refractivity contribution in [3.8, 4) is 0 Å². The van der Waals surface area contributed by atoms with Crippen LogP contribution in [-0.2, 0) is 5.41 Å². The van der Waals surface area contributed by atoms with Crippen molar-refractivity contribution in [2.45, 2.75) is 37.6 Å². The monoisotopic (exact) mass is 262 g/mol. The summed E-state index contributed by atoms with van der Waals surface area (Å²) in [5, 5.41) is 9.95. The minimum Gasteiger partial charge on any atom is -0.395 e. The normalized spacial score (nSPS) is 25.5. The highest BCUT2D eigenvalue weighted by molar-refractivity contribution is 5.27. The van der Waals surface area contributed by atoms with Crippen molar-refractivity contribution >= 4 is 0 Å². The third-order valence-electron chi connectivity index (χ3n) is 3.98. The molecular weight excluding hydrogens is 236 g/mol. The van der Waals surface area contributed by atoms with E-state index in [2.05, 4.69) is 43.0 Å². The van der Waals surface area contributed by atoms with E-state index in [9.17, 15) is 5.11 Å². The van der Waals surface area contributed by atoms with Gasteiger partial charge in [-0.3, -0.25) is 0 Å². The lowest BCUT2D eigenvalue weighted by atomic mass is 9.74. The highest BCUT2D eigenvalue weighted by atomic mass is 16.3. The standard InChI is InChI=1S/C16H26N2O/c1-15(2,17)11-18-10-6-9-16(12-18,13-19)14-7-4-3-5-8-14/h3-5,7-8,19H,6,9-13,17H2,1-2H3. The van der Waals surface area contributed by atoms with E-state index in [-0.39, 0.29) is 17.6 Å². The second kappa shape index (κ2) is 5.61. The number of nitrogens with zero attached hydrogens (tertiary/aromatic N) is 1. The van der Waals surface area contributed by atoms with Gasteiger partial charge in [0.05, 0.1) is 6.61 Å². The first kappa shape index (κ1) is 14.5. The molecule has 3 N–H and O–H groups in total. The number of rotatable bonds is 4. The lowest BCUT2D eigenvalue weighted by molar-refractivity contribution is 0.0784. The van der Waals surface area contributed by atoms with Crippen LogP contribution in [0.4, 0.5) is 0 Å². The Hall–Kier alpha value is -0.900. The third kappa shape index (κ3) is 3.56. The van der Waals surface area contributed by atoms with E-state index in [0.29, 0.717) is 0 Å². The fourth-order valence-corrected chi connectivity index (χ4v) is 3.19. The smallest absolute Gasteiger partial charge is 0.0540 e. The van der Waals surface area contributed by atoms with Gasteiger partial charge in [0.25, 0.3) is 0 Å². The Morgan fingerprint density at radius 3 is 2.58 bits per heavy atom. The molecule has 2 rings (SSSR count). The maximum Gasteiger partial charge on any atom is 0.0540 e. The molecule has 0 bridgehead atoms. The molecule has 0 radical (unpaired) electrons. The van der Waals surface area contributed by atoms with Crippen LogP contribution in [0, 0.1) is 0 Å². The van der Waals surface area contributed by atoms with Crippen molar-refractivity contribution < 1.29 is 5.11 Å². The molecule has 0 amide bonds. The highest BCUT2D eigenvalue weighted by Crippen LogP contribution is 2.34. The Morgan fingerprint density at radius 2 is 2.00 bits per heavy atom. The topological polar surface area (TPSA) is 49.5 Å².